The first-order chi connectivity index (χ1) is 14.1. The lowest BCUT2D eigenvalue weighted by Crippen LogP contribution is -2.14. The number of rotatable bonds is 9. The summed E-state index contributed by atoms with van der Waals surface area (Å²) < 4.78 is 5.62. The van der Waals surface area contributed by atoms with Crippen molar-refractivity contribution in [1.29, 1.82) is 0 Å². The Bertz CT molecular complexity index is 909. The molecule has 0 unspecified atom stereocenters. The monoisotopic (exact) mass is 389 g/mol. The molecule has 0 atom stereocenters. The Kier molecular flexibility index (Phi) is 7.22. The molecule has 0 spiro atoms. The van der Waals surface area contributed by atoms with Crippen LogP contribution in [0.3, 0.4) is 0 Å². The minimum atomic E-state index is -0.240. The number of aryl methyl sites for hydroxylation is 1. The van der Waals surface area contributed by atoms with Crippen LogP contribution in [0.15, 0.2) is 72.9 Å². The van der Waals surface area contributed by atoms with Crippen LogP contribution < -0.4 is 15.4 Å². The van der Waals surface area contributed by atoms with Crippen molar-refractivity contribution >= 4 is 17.3 Å². The van der Waals surface area contributed by atoms with E-state index in [0.29, 0.717) is 11.4 Å². The highest BCUT2D eigenvalue weighted by Gasteiger charge is 2.09. The van der Waals surface area contributed by atoms with Gasteiger partial charge < -0.3 is 15.4 Å². The van der Waals surface area contributed by atoms with E-state index in [2.05, 4.69) is 39.9 Å². The third kappa shape index (κ3) is 6.64. The Hall–Kier alpha value is -3.34. The Labute approximate surface area is 172 Å². The number of pyridine rings is 1. The van der Waals surface area contributed by atoms with Crippen LogP contribution >= 0.6 is 0 Å². The summed E-state index contributed by atoms with van der Waals surface area (Å²) >= 11 is 0. The molecule has 0 saturated heterocycles. The molecule has 2 aromatic carbocycles. The van der Waals surface area contributed by atoms with Crippen LogP contribution in [0.25, 0.3) is 0 Å². The molecule has 0 fully saturated rings. The second-order valence-corrected chi connectivity index (χ2v) is 7.09. The summed E-state index contributed by atoms with van der Waals surface area (Å²) in [5.74, 6) is 0.535. The van der Waals surface area contributed by atoms with Crippen molar-refractivity contribution in [2.45, 2.75) is 32.8 Å². The first-order valence-electron chi connectivity index (χ1n) is 9.92. The van der Waals surface area contributed by atoms with Crippen LogP contribution in [0.1, 0.15) is 36.3 Å². The van der Waals surface area contributed by atoms with Gasteiger partial charge in [0.2, 0.25) is 0 Å². The average Bonchev–Trinajstić information content (AvgIpc) is 2.73. The zero-order valence-electron chi connectivity index (χ0n) is 16.9. The average molecular weight is 389 g/mol. The maximum atomic E-state index is 12.5. The number of anilines is 2. The van der Waals surface area contributed by atoms with E-state index in [1.165, 1.54) is 5.56 Å². The Morgan fingerprint density at radius 2 is 1.76 bits per heavy atom. The summed E-state index contributed by atoms with van der Waals surface area (Å²) in [4.78, 5) is 16.7. The van der Waals surface area contributed by atoms with E-state index < -0.39 is 0 Å². The standard InChI is InChI=1S/C24H27N3O2/c1-18(2)29-22-12-10-20(11-13-22)27-24(28)23-17-21(14-16-26-23)25-15-6-9-19-7-4-3-5-8-19/h3-5,7-8,10-14,16-18H,6,9,15H2,1-2H3,(H,25,26)(H,27,28). The van der Waals surface area contributed by atoms with Gasteiger partial charge in [-0.15, -0.1) is 0 Å². The number of aromatic nitrogens is 1. The molecule has 0 radical (unpaired) electrons. The molecule has 29 heavy (non-hydrogen) atoms. The van der Waals surface area contributed by atoms with Crippen LogP contribution in [0.2, 0.25) is 0 Å². The Morgan fingerprint density at radius 3 is 2.48 bits per heavy atom. The van der Waals surface area contributed by atoms with Gasteiger partial charge in [-0.2, -0.15) is 0 Å². The molecule has 1 heterocycles. The largest absolute Gasteiger partial charge is 0.491 e. The van der Waals surface area contributed by atoms with Crippen LogP contribution in [0.4, 0.5) is 11.4 Å². The minimum Gasteiger partial charge on any atom is -0.491 e. The van der Waals surface area contributed by atoms with Crippen molar-refractivity contribution in [3.63, 3.8) is 0 Å². The van der Waals surface area contributed by atoms with E-state index >= 15 is 0 Å². The lowest BCUT2D eigenvalue weighted by molar-refractivity contribution is 0.102. The molecule has 0 aliphatic heterocycles. The molecule has 0 bridgehead atoms. The molecule has 3 rings (SSSR count). The van der Waals surface area contributed by atoms with Gasteiger partial charge in [-0.1, -0.05) is 30.3 Å². The number of hydrogen-bond acceptors (Lipinski definition) is 4. The topological polar surface area (TPSA) is 63.2 Å². The predicted molar refractivity (Wildman–Crippen MR) is 118 cm³/mol. The fraction of sp³-hybridized carbons (Fsp3) is 0.250. The summed E-state index contributed by atoms with van der Waals surface area (Å²) in [6.07, 6.45) is 3.79. The van der Waals surface area contributed by atoms with Crippen LogP contribution in [0, 0.1) is 0 Å². The second kappa shape index (κ2) is 10.3. The maximum absolute atomic E-state index is 12.5. The van der Waals surface area contributed by atoms with E-state index in [-0.39, 0.29) is 12.0 Å². The summed E-state index contributed by atoms with van der Waals surface area (Å²) in [5.41, 5.74) is 3.29. The van der Waals surface area contributed by atoms with Gasteiger partial charge in [0, 0.05) is 24.1 Å². The van der Waals surface area contributed by atoms with Crippen molar-refractivity contribution in [3.05, 3.63) is 84.2 Å². The lowest BCUT2D eigenvalue weighted by atomic mass is 10.1. The number of ether oxygens (including phenoxy) is 1. The molecular formula is C24H27N3O2. The third-order valence-corrected chi connectivity index (χ3v) is 4.29. The van der Waals surface area contributed by atoms with Gasteiger partial charge in [-0.3, -0.25) is 9.78 Å². The van der Waals surface area contributed by atoms with Crippen molar-refractivity contribution in [2.24, 2.45) is 0 Å². The fourth-order valence-corrected chi connectivity index (χ4v) is 2.92. The molecule has 0 aliphatic carbocycles. The Morgan fingerprint density at radius 1 is 1.00 bits per heavy atom. The molecular weight excluding hydrogens is 362 g/mol. The highest BCUT2D eigenvalue weighted by Crippen LogP contribution is 2.18. The van der Waals surface area contributed by atoms with Gasteiger partial charge in [0.15, 0.2) is 0 Å². The van der Waals surface area contributed by atoms with Crippen LogP contribution in [0.5, 0.6) is 5.75 Å². The van der Waals surface area contributed by atoms with Gasteiger partial charge in [0.05, 0.1) is 6.10 Å². The van der Waals surface area contributed by atoms with E-state index in [9.17, 15) is 4.79 Å². The number of nitrogens with one attached hydrogen (secondary N) is 2. The second-order valence-electron chi connectivity index (χ2n) is 7.09. The first kappa shape index (κ1) is 20.4. The highest BCUT2D eigenvalue weighted by atomic mass is 16.5. The number of carbonyl (C=O) groups is 1. The van der Waals surface area contributed by atoms with Gasteiger partial charge in [0.25, 0.3) is 5.91 Å². The third-order valence-electron chi connectivity index (χ3n) is 4.29. The summed E-state index contributed by atoms with van der Waals surface area (Å²) in [5, 5.41) is 6.23. The fourth-order valence-electron chi connectivity index (χ4n) is 2.92. The molecule has 2 N–H and O–H groups in total. The molecule has 0 aliphatic rings. The number of benzene rings is 2. The first-order valence-corrected chi connectivity index (χ1v) is 9.92. The summed E-state index contributed by atoms with van der Waals surface area (Å²) in [6, 6.07) is 21.4. The number of amides is 1. The molecule has 1 aromatic heterocycles. The van der Waals surface area contributed by atoms with Gasteiger partial charge in [0.1, 0.15) is 11.4 Å². The smallest absolute Gasteiger partial charge is 0.274 e. The van der Waals surface area contributed by atoms with Crippen molar-refractivity contribution in [3.8, 4) is 5.75 Å². The molecule has 5 nitrogen and oxygen atoms in total. The normalized spacial score (nSPS) is 10.6. The number of hydrogen-bond donors (Lipinski definition) is 2. The van der Waals surface area contributed by atoms with Gasteiger partial charge in [-0.05, 0) is 68.7 Å². The van der Waals surface area contributed by atoms with Crippen LogP contribution in [-0.4, -0.2) is 23.5 Å². The highest BCUT2D eigenvalue weighted by molar-refractivity contribution is 6.03. The van der Waals surface area contributed by atoms with Crippen LogP contribution in [-0.2, 0) is 6.42 Å². The molecule has 5 heteroatoms. The van der Waals surface area contributed by atoms with E-state index in [1.807, 2.05) is 50.2 Å². The molecule has 0 saturated carbocycles. The van der Waals surface area contributed by atoms with Crippen molar-refractivity contribution < 1.29 is 9.53 Å². The predicted octanol–water partition coefficient (Wildman–Crippen LogP) is 5.17. The Balaban J connectivity index is 1.51. The summed E-state index contributed by atoms with van der Waals surface area (Å²) in [7, 11) is 0. The van der Waals surface area contributed by atoms with E-state index in [0.717, 1.165) is 30.8 Å². The van der Waals surface area contributed by atoms with E-state index in [1.54, 1.807) is 12.3 Å². The zero-order chi connectivity index (χ0) is 20.5. The SMILES string of the molecule is CC(C)Oc1ccc(NC(=O)c2cc(NCCCc3ccccc3)ccn2)cc1. The van der Waals surface area contributed by atoms with Crippen molar-refractivity contribution in [1.82, 2.24) is 4.98 Å². The quantitative estimate of drug-likeness (QED) is 0.496. The minimum absolute atomic E-state index is 0.113. The van der Waals surface area contributed by atoms with Crippen molar-refractivity contribution in [2.75, 3.05) is 17.2 Å². The molecule has 3 aromatic rings. The molecule has 1 amide bonds. The van der Waals surface area contributed by atoms with E-state index in [4.69, 9.17) is 4.74 Å². The lowest BCUT2D eigenvalue weighted by Gasteiger charge is -2.11. The molecule has 150 valence electrons. The van der Waals surface area contributed by atoms with Gasteiger partial charge in [-0.25, -0.2) is 0 Å². The number of carbonyl (C=O) groups excluding carboxylic acids is 1. The maximum Gasteiger partial charge on any atom is 0.274 e. The summed E-state index contributed by atoms with van der Waals surface area (Å²) in [6.45, 7) is 4.78. The van der Waals surface area contributed by atoms with Gasteiger partial charge >= 0.3 is 0 Å². The zero-order valence-corrected chi connectivity index (χ0v) is 16.9. The number of nitrogens with zero attached hydrogens (tertiary/aromatic N) is 1.